The zero-order valence-electron chi connectivity index (χ0n) is 8.66. The van der Waals surface area contributed by atoms with Gasteiger partial charge in [0.05, 0.1) is 10.0 Å². The average molecular weight is 281 g/mol. The van der Waals surface area contributed by atoms with Crippen LogP contribution in [0.4, 0.5) is 0 Å². The first kappa shape index (κ1) is 13.9. The Morgan fingerprint density at radius 3 is 2.41 bits per heavy atom. The molecule has 0 saturated heterocycles. The van der Waals surface area contributed by atoms with Crippen LogP contribution in [-0.4, -0.2) is 28.4 Å². The zero-order chi connectivity index (χ0) is 13.2. The smallest absolute Gasteiger partial charge is 0.243 e. The van der Waals surface area contributed by atoms with Crippen LogP contribution in [-0.2, 0) is 4.79 Å². The Kier molecular flexibility index (Phi) is 4.41. The fourth-order valence-corrected chi connectivity index (χ4v) is 1.71. The lowest BCUT2D eigenvalue weighted by atomic mass is 10.1. The van der Waals surface area contributed by atoms with Gasteiger partial charge in [-0.25, -0.2) is 0 Å². The molecular weight excluding hydrogens is 271 g/mol. The molecule has 6 nitrogen and oxygen atoms in total. The summed E-state index contributed by atoms with van der Waals surface area (Å²) in [4.78, 5) is 11.4. The lowest BCUT2D eigenvalue weighted by Gasteiger charge is -2.17. The number of amides is 1. The van der Waals surface area contributed by atoms with Crippen molar-refractivity contribution >= 4 is 29.1 Å². The van der Waals surface area contributed by atoms with Crippen molar-refractivity contribution in [3.63, 3.8) is 0 Å². The van der Waals surface area contributed by atoms with Crippen molar-refractivity contribution in [2.45, 2.75) is 6.04 Å². The molecule has 94 valence electrons. The maximum absolute atomic E-state index is 11.4. The van der Waals surface area contributed by atoms with Gasteiger partial charge in [0.25, 0.3) is 0 Å². The summed E-state index contributed by atoms with van der Waals surface area (Å²) in [7, 11) is 1.36. The third-order valence-electron chi connectivity index (χ3n) is 2.14. The highest BCUT2D eigenvalue weighted by Crippen LogP contribution is 2.43. The molecule has 0 aliphatic carbocycles. The summed E-state index contributed by atoms with van der Waals surface area (Å²) in [6.07, 6.45) is 0. The van der Waals surface area contributed by atoms with E-state index >= 15 is 0 Å². The highest BCUT2D eigenvalue weighted by Gasteiger charge is 2.25. The molecule has 0 aliphatic rings. The molecule has 17 heavy (non-hydrogen) atoms. The van der Waals surface area contributed by atoms with Crippen LogP contribution in [0.1, 0.15) is 11.6 Å². The van der Waals surface area contributed by atoms with Crippen molar-refractivity contribution in [2.24, 2.45) is 0 Å². The van der Waals surface area contributed by atoms with E-state index in [9.17, 15) is 15.0 Å². The van der Waals surface area contributed by atoms with Crippen molar-refractivity contribution < 1.29 is 20.2 Å². The molecule has 5 N–H and O–H groups in total. The molecule has 1 amide bonds. The Hall–Kier alpha value is -1.21. The monoisotopic (exact) mass is 280 g/mol. The minimum absolute atomic E-state index is 0.0359. The number of benzene rings is 1. The van der Waals surface area contributed by atoms with E-state index in [1.54, 1.807) is 5.48 Å². The Labute approximate surface area is 107 Å². The van der Waals surface area contributed by atoms with Gasteiger partial charge in [0.2, 0.25) is 5.91 Å². The van der Waals surface area contributed by atoms with Gasteiger partial charge in [0.1, 0.15) is 6.04 Å². The number of rotatable bonds is 3. The number of hydrogen-bond acceptors (Lipinski definition) is 5. The second-order valence-corrected chi connectivity index (χ2v) is 3.92. The number of phenolic OH excluding ortho intramolecular Hbond substituents is 2. The minimum Gasteiger partial charge on any atom is -0.503 e. The van der Waals surface area contributed by atoms with Crippen LogP contribution in [0.2, 0.25) is 10.0 Å². The Balaban J connectivity index is 3.35. The first-order chi connectivity index (χ1) is 7.93. The van der Waals surface area contributed by atoms with E-state index in [0.717, 1.165) is 0 Å². The SMILES string of the molecule is CNC(=O)C(NO)c1cc(Cl)c(O)c(O)c1Cl. The molecule has 0 heterocycles. The van der Waals surface area contributed by atoms with E-state index in [-0.39, 0.29) is 15.6 Å². The molecule has 0 spiro atoms. The second-order valence-electron chi connectivity index (χ2n) is 3.14. The van der Waals surface area contributed by atoms with Crippen molar-refractivity contribution in [2.75, 3.05) is 7.05 Å². The fourth-order valence-electron chi connectivity index (χ4n) is 1.25. The number of hydrogen-bond donors (Lipinski definition) is 5. The van der Waals surface area contributed by atoms with Gasteiger partial charge < -0.3 is 20.7 Å². The third kappa shape index (κ3) is 2.55. The number of carbonyl (C=O) groups is 1. The van der Waals surface area contributed by atoms with E-state index in [1.165, 1.54) is 13.1 Å². The van der Waals surface area contributed by atoms with Crippen molar-refractivity contribution in [3.05, 3.63) is 21.7 Å². The molecule has 8 heteroatoms. The van der Waals surface area contributed by atoms with Crippen LogP contribution >= 0.6 is 23.2 Å². The van der Waals surface area contributed by atoms with Crippen LogP contribution in [0.15, 0.2) is 6.07 Å². The van der Waals surface area contributed by atoms with Crippen molar-refractivity contribution in [1.29, 1.82) is 0 Å². The number of hydroxylamine groups is 1. The molecule has 0 aliphatic heterocycles. The van der Waals surface area contributed by atoms with Crippen LogP contribution in [0.3, 0.4) is 0 Å². The van der Waals surface area contributed by atoms with E-state index < -0.39 is 23.4 Å². The predicted molar refractivity (Wildman–Crippen MR) is 61.5 cm³/mol. The van der Waals surface area contributed by atoms with Crippen LogP contribution < -0.4 is 10.8 Å². The fraction of sp³-hybridized carbons (Fsp3) is 0.222. The van der Waals surface area contributed by atoms with Crippen LogP contribution in [0.25, 0.3) is 0 Å². The number of carbonyl (C=O) groups excluding carboxylic acids is 1. The summed E-state index contributed by atoms with van der Waals surface area (Å²) < 4.78 is 0. The summed E-state index contributed by atoms with van der Waals surface area (Å²) in [6, 6.07) is -0.0429. The predicted octanol–water partition coefficient (Wildman–Crippen LogP) is 1.17. The first-order valence-electron chi connectivity index (χ1n) is 4.45. The van der Waals surface area contributed by atoms with Gasteiger partial charge in [-0.15, -0.1) is 0 Å². The van der Waals surface area contributed by atoms with E-state index in [4.69, 9.17) is 28.4 Å². The molecule has 0 bridgehead atoms. The normalized spacial score (nSPS) is 12.2. The van der Waals surface area contributed by atoms with Gasteiger partial charge in [-0.2, -0.15) is 5.48 Å². The molecule has 1 rings (SSSR count). The average Bonchev–Trinajstić information content (AvgIpc) is 2.33. The van der Waals surface area contributed by atoms with Gasteiger partial charge >= 0.3 is 0 Å². The molecule has 0 saturated carbocycles. The number of phenols is 2. The van der Waals surface area contributed by atoms with E-state index in [2.05, 4.69) is 5.32 Å². The Morgan fingerprint density at radius 2 is 1.94 bits per heavy atom. The summed E-state index contributed by atoms with van der Waals surface area (Å²) in [5.74, 6) is -1.83. The van der Waals surface area contributed by atoms with Gasteiger partial charge in [-0.3, -0.25) is 4.79 Å². The summed E-state index contributed by atoms with van der Waals surface area (Å²) in [5, 5.41) is 29.5. The Bertz CT molecular complexity index is 453. The molecule has 0 aromatic heterocycles. The molecular formula is C9H10Cl2N2O4. The van der Waals surface area contributed by atoms with Crippen LogP contribution in [0.5, 0.6) is 11.5 Å². The topological polar surface area (TPSA) is 102 Å². The quantitative estimate of drug-likeness (QED) is 0.423. The van der Waals surface area contributed by atoms with Crippen molar-refractivity contribution in [3.8, 4) is 11.5 Å². The van der Waals surface area contributed by atoms with Gasteiger partial charge in [0, 0.05) is 12.6 Å². The molecule has 0 radical (unpaired) electrons. The maximum Gasteiger partial charge on any atom is 0.243 e. The summed E-state index contributed by atoms with van der Waals surface area (Å²) in [5.41, 5.74) is 1.77. The standard InChI is InChI=1S/C9H10Cl2N2O4/c1-12-9(16)6(13-17)3-2-4(10)7(14)8(15)5(3)11/h2,6,13-15,17H,1H3,(H,12,16). The van der Waals surface area contributed by atoms with E-state index in [0.29, 0.717) is 0 Å². The van der Waals surface area contributed by atoms with Gasteiger partial charge in [0.15, 0.2) is 11.5 Å². The second kappa shape index (κ2) is 5.42. The molecule has 1 unspecified atom stereocenters. The highest BCUT2D eigenvalue weighted by atomic mass is 35.5. The minimum atomic E-state index is -1.21. The summed E-state index contributed by atoms with van der Waals surface area (Å²) >= 11 is 11.4. The van der Waals surface area contributed by atoms with Crippen LogP contribution in [0, 0.1) is 0 Å². The largest absolute Gasteiger partial charge is 0.503 e. The number of halogens is 2. The molecule has 1 aromatic rings. The van der Waals surface area contributed by atoms with E-state index in [1.807, 2.05) is 0 Å². The summed E-state index contributed by atoms with van der Waals surface area (Å²) in [6.45, 7) is 0. The van der Waals surface area contributed by atoms with Crippen molar-refractivity contribution in [1.82, 2.24) is 10.8 Å². The number of likely N-dealkylation sites (N-methyl/N-ethyl adjacent to an activating group) is 1. The Morgan fingerprint density at radius 1 is 1.35 bits per heavy atom. The number of aromatic hydroxyl groups is 2. The molecule has 1 atom stereocenters. The highest BCUT2D eigenvalue weighted by molar-refractivity contribution is 6.36. The lowest BCUT2D eigenvalue weighted by Crippen LogP contribution is -2.34. The molecule has 0 fully saturated rings. The lowest BCUT2D eigenvalue weighted by molar-refractivity contribution is -0.125. The van der Waals surface area contributed by atoms with Gasteiger partial charge in [-0.05, 0) is 6.07 Å². The number of nitrogens with one attached hydrogen (secondary N) is 2. The zero-order valence-corrected chi connectivity index (χ0v) is 10.2. The maximum atomic E-state index is 11.4. The molecule has 1 aromatic carbocycles. The van der Waals surface area contributed by atoms with Gasteiger partial charge in [-0.1, -0.05) is 23.2 Å². The first-order valence-corrected chi connectivity index (χ1v) is 5.20. The third-order valence-corrected chi connectivity index (χ3v) is 2.83.